The molecule has 0 radical (unpaired) electrons. The third-order valence-corrected chi connectivity index (χ3v) is 5.27. The molecule has 2 heterocycles. The predicted octanol–water partition coefficient (Wildman–Crippen LogP) is 0.193. The standard InChI is InChI=1S/C12H20N4O3S/c1-19-8-11-12-10(5-6-16(11)20(2,17)18)15(14-13-12)7-9-3-4-9/h9,11H,3-8H2,1-2H3/t11-/m0/s1. The molecule has 1 aliphatic carbocycles. The molecule has 1 atom stereocenters. The number of hydrogen-bond acceptors (Lipinski definition) is 5. The molecule has 1 aliphatic heterocycles. The van der Waals surface area contributed by atoms with E-state index in [9.17, 15) is 8.42 Å². The smallest absolute Gasteiger partial charge is 0.211 e. The van der Waals surface area contributed by atoms with Crippen molar-refractivity contribution in [2.75, 3.05) is 26.5 Å². The van der Waals surface area contributed by atoms with Crippen LogP contribution in [0.25, 0.3) is 0 Å². The first-order chi connectivity index (χ1) is 9.50. The minimum atomic E-state index is -3.27. The number of aromatic nitrogens is 3. The number of nitrogens with zero attached hydrogens (tertiary/aromatic N) is 4. The average molecular weight is 300 g/mol. The molecule has 0 amide bonds. The molecule has 1 aromatic rings. The van der Waals surface area contributed by atoms with E-state index in [2.05, 4.69) is 10.3 Å². The van der Waals surface area contributed by atoms with Crippen LogP contribution in [-0.4, -0.2) is 54.2 Å². The quantitative estimate of drug-likeness (QED) is 0.776. The number of hydrogen-bond donors (Lipinski definition) is 0. The molecule has 0 spiro atoms. The van der Waals surface area contributed by atoms with Gasteiger partial charge in [0.15, 0.2) is 0 Å². The Morgan fingerprint density at radius 3 is 2.75 bits per heavy atom. The molecule has 3 rings (SSSR count). The lowest BCUT2D eigenvalue weighted by Crippen LogP contribution is -2.41. The summed E-state index contributed by atoms with van der Waals surface area (Å²) in [4.78, 5) is 0. The molecule has 1 aromatic heterocycles. The van der Waals surface area contributed by atoms with E-state index in [0.29, 0.717) is 19.6 Å². The van der Waals surface area contributed by atoms with Crippen LogP contribution in [0.15, 0.2) is 0 Å². The highest BCUT2D eigenvalue weighted by molar-refractivity contribution is 7.88. The molecule has 0 saturated heterocycles. The van der Waals surface area contributed by atoms with E-state index in [-0.39, 0.29) is 6.04 Å². The van der Waals surface area contributed by atoms with Crippen molar-refractivity contribution in [2.45, 2.75) is 31.8 Å². The second-order valence-electron chi connectivity index (χ2n) is 5.64. The summed E-state index contributed by atoms with van der Waals surface area (Å²) in [6, 6.07) is -0.355. The number of sulfonamides is 1. The fraction of sp³-hybridized carbons (Fsp3) is 0.833. The highest BCUT2D eigenvalue weighted by Crippen LogP contribution is 2.34. The molecule has 0 N–H and O–H groups in total. The van der Waals surface area contributed by atoms with Gasteiger partial charge >= 0.3 is 0 Å². The summed E-state index contributed by atoms with van der Waals surface area (Å²) < 4.78 is 32.4. The van der Waals surface area contributed by atoms with E-state index in [0.717, 1.165) is 23.9 Å². The zero-order chi connectivity index (χ0) is 14.3. The van der Waals surface area contributed by atoms with Crippen LogP contribution in [0.2, 0.25) is 0 Å². The third-order valence-electron chi connectivity index (χ3n) is 3.98. The van der Waals surface area contributed by atoms with Crippen molar-refractivity contribution in [1.29, 1.82) is 0 Å². The van der Waals surface area contributed by atoms with Crippen molar-refractivity contribution in [3.8, 4) is 0 Å². The molecule has 7 nitrogen and oxygen atoms in total. The zero-order valence-corrected chi connectivity index (χ0v) is 12.6. The van der Waals surface area contributed by atoms with Gasteiger partial charge in [0.05, 0.1) is 24.6 Å². The van der Waals surface area contributed by atoms with E-state index >= 15 is 0 Å². The molecule has 0 aromatic carbocycles. The third kappa shape index (κ3) is 2.59. The summed E-state index contributed by atoms with van der Waals surface area (Å²) in [5, 5.41) is 8.44. The van der Waals surface area contributed by atoms with Gasteiger partial charge in [-0.05, 0) is 18.8 Å². The fourth-order valence-electron chi connectivity index (χ4n) is 2.78. The number of fused-ring (bicyclic) bond motifs is 1. The van der Waals surface area contributed by atoms with Crippen LogP contribution in [0.3, 0.4) is 0 Å². The first-order valence-electron chi connectivity index (χ1n) is 6.88. The molecule has 8 heteroatoms. The molecule has 2 aliphatic rings. The summed E-state index contributed by atoms with van der Waals surface area (Å²) in [7, 11) is -1.69. The molecule has 0 unspecified atom stereocenters. The van der Waals surface area contributed by atoms with Crippen LogP contribution in [0.5, 0.6) is 0 Å². The maximum Gasteiger partial charge on any atom is 0.211 e. The molecule has 1 saturated carbocycles. The van der Waals surface area contributed by atoms with Gasteiger partial charge in [-0.25, -0.2) is 13.1 Å². The van der Waals surface area contributed by atoms with Crippen molar-refractivity contribution < 1.29 is 13.2 Å². The van der Waals surface area contributed by atoms with Gasteiger partial charge in [-0.2, -0.15) is 4.31 Å². The van der Waals surface area contributed by atoms with Crippen molar-refractivity contribution in [3.63, 3.8) is 0 Å². The van der Waals surface area contributed by atoms with Crippen LogP contribution in [-0.2, 0) is 27.7 Å². The van der Waals surface area contributed by atoms with Crippen molar-refractivity contribution in [2.24, 2.45) is 5.92 Å². The Balaban J connectivity index is 1.92. The summed E-state index contributed by atoms with van der Waals surface area (Å²) >= 11 is 0. The van der Waals surface area contributed by atoms with Crippen LogP contribution in [0.4, 0.5) is 0 Å². The number of rotatable bonds is 5. The van der Waals surface area contributed by atoms with E-state index < -0.39 is 10.0 Å². The first kappa shape index (κ1) is 14.0. The molecular formula is C12H20N4O3S. The fourth-order valence-corrected chi connectivity index (χ4v) is 3.83. The Morgan fingerprint density at radius 2 is 2.15 bits per heavy atom. The van der Waals surface area contributed by atoms with E-state index in [1.807, 2.05) is 4.68 Å². The Hall–Kier alpha value is -0.990. The lowest BCUT2D eigenvalue weighted by atomic mass is 10.1. The summed E-state index contributed by atoms with van der Waals surface area (Å²) in [5.41, 5.74) is 1.82. The average Bonchev–Trinajstić information content (AvgIpc) is 3.09. The van der Waals surface area contributed by atoms with Gasteiger partial charge in [-0.15, -0.1) is 5.10 Å². The summed E-state index contributed by atoms with van der Waals surface area (Å²) in [6.07, 6.45) is 4.41. The van der Waals surface area contributed by atoms with Crippen LogP contribution in [0, 0.1) is 5.92 Å². The van der Waals surface area contributed by atoms with Crippen LogP contribution < -0.4 is 0 Å². The van der Waals surface area contributed by atoms with Gasteiger partial charge in [0, 0.05) is 26.6 Å². The van der Waals surface area contributed by atoms with Crippen molar-refractivity contribution in [3.05, 3.63) is 11.4 Å². The van der Waals surface area contributed by atoms with Crippen molar-refractivity contribution >= 4 is 10.0 Å². The highest BCUT2D eigenvalue weighted by Gasteiger charge is 2.37. The van der Waals surface area contributed by atoms with Gasteiger partial charge < -0.3 is 4.74 Å². The molecule has 1 fully saturated rings. The largest absolute Gasteiger partial charge is 0.383 e. The zero-order valence-electron chi connectivity index (χ0n) is 11.8. The maximum absolute atomic E-state index is 11.9. The lowest BCUT2D eigenvalue weighted by Gasteiger charge is -2.32. The first-order valence-corrected chi connectivity index (χ1v) is 8.73. The normalized spacial score (nSPS) is 23.8. The minimum absolute atomic E-state index is 0.308. The van der Waals surface area contributed by atoms with E-state index in [1.54, 1.807) is 7.11 Å². The van der Waals surface area contributed by atoms with Gasteiger partial charge in [-0.1, -0.05) is 5.21 Å². The summed E-state index contributed by atoms with van der Waals surface area (Å²) in [5.74, 6) is 0.717. The Kier molecular flexibility index (Phi) is 3.55. The summed E-state index contributed by atoms with van der Waals surface area (Å²) in [6.45, 7) is 1.68. The maximum atomic E-state index is 11.9. The topological polar surface area (TPSA) is 77.3 Å². The van der Waals surface area contributed by atoms with Crippen LogP contribution in [0.1, 0.15) is 30.3 Å². The lowest BCUT2D eigenvalue weighted by molar-refractivity contribution is 0.126. The highest BCUT2D eigenvalue weighted by atomic mass is 32.2. The van der Waals surface area contributed by atoms with Crippen LogP contribution >= 0.6 is 0 Å². The SMILES string of the molecule is COC[C@H]1c2nnn(CC3CC3)c2CCN1S(C)(=O)=O. The van der Waals surface area contributed by atoms with E-state index in [1.165, 1.54) is 23.4 Å². The molecular weight excluding hydrogens is 280 g/mol. The van der Waals surface area contributed by atoms with Gasteiger partial charge in [0.2, 0.25) is 10.0 Å². The van der Waals surface area contributed by atoms with Gasteiger partial charge in [-0.3, -0.25) is 0 Å². The number of methoxy groups -OCH3 is 1. The molecule has 0 bridgehead atoms. The van der Waals surface area contributed by atoms with Gasteiger partial charge in [0.25, 0.3) is 0 Å². The molecule has 112 valence electrons. The van der Waals surface area contributed by atoms with Crippen molar-refractivity contribution in [1.82, 2.24) is 19.3 Å². The monoisotopic (exact) mass is 300 g/mol. The number of ether oxygens (including phenoxy) is 1. The van der Waals surface area contributed by atoms with Gasteiger partial charge in [0.1, 0.15) is 5.69 Å². The Labute approximate surface area is 118 Å². The minimum Gasteiger partial charge on any atom is -0.383 e. The second-order valence-corrected chi connectivity index (χ2v) is 7.58. The Morgan fingerprint density at radius 1 is 1.40 bits per heavy atom. The Bertz CT molecular complexity index is 594. The predicted molar refractivity (Wildman–Crippen MR) is 72.6 cm³/mol. The van der Waals surface area contributed by atoms with E-state index in [4.69, 9.17) is 4.74 Å². The second kappa shape index (κ2) is 5.09. The molecule has 20 heavy (non-hydrogen) atoms.